The predicted molar refractivity (Wildman–Crippen MR) is 137 cm³/mol. The summed E-state index contributed by atoms with van der Waals surface area (Å²) in [6.45, 7) is 7.05. The number of nitrogens with zero attached hydrogens (tertiary/aromatic N) is 1. The number of aromatic hydroxyl groups is 1. The molecule has 0 aliphatic heterocycles. The van der Waals surface area contributed by atoms with E-state index in [1.165, 1.54) is 6.07 Å². The first-order chi connectivity index (χ1) is 17.1. The number of nitrogens with two attached hydrogens (primary N) is 1. The van der Waals surface area contributed by atoms with Gasteiger partial charge in [0.05, 0.1) is 18.6 Å². The van der Waals surface area contributed by atoms with Gasteiger partial charge >= 0.3 is 0 Å². The largest absolute Gasteiger partial charge is 0.508 e. The number of nitrogens with one attached hydrogen (secondary N) is 1. The van der Waals surface area contributed by atoms with E-state index in [4.69, 9.17) is 5.73 Å². The minimum Gasteiger partial charge on any atom is -0.508 e. The Bertz CT molecular complexity index is 1120. The molecule has 7 N–H and O–H groups in total. The van der Waals surface area contributed by atoms with Crippen molar-refractivity contribution in [2.45, 2.75) is 58.2 Å². The Morgan fingerprint density at radius 1 is 1.24 bits per heavy atom. The molecule has 10 heteroatoms. The maximum absolute atomic E-state index is 13.7. The van der Waals surface area contributed by atoms with Crippen LogP contribution >= 0.6 is 0 Å². The van der Waals surface area contributed by atoms with E-state index >= 15 is 0 Å². The highest BCUT2D eigenvalue weighted by Crippen LogP contribution is 2.49. The summed E-state index contributed by atoms with van der Waals surface area (Å²) in [6.07, 6.45) is -0.483. The van der Waals surface area contributed by atoms with Crippen LogP contribution in [0.1, 0.15) is 55.1 Å². The Morgan fingerprint density at radius 2 is 1.89 bits per heavy atom. The SMILES string of the molecule is CN(C)C(CO)[C@@H]1C[C@@H]2Cc3c(CNCC(C)(C)C)ccc(O)c3C(=O)C2=C(O)[C@]1(O)C(=O)CC(N)=O. The second-order valence-electron chi connectivity index (χ2n) is 11.6. The van der Waals surface area contributed by atoms with Crippen LogP contribution in [0.4, 0.5) is 0 Å². The highest BCUT2D eigenvalue weighted by Gasteiger charge is 2.58. The molecule has 0 saturated heterocycles. The molecule has 0 spiro atoms. The smallest absolute Gasteiger partial charge is 0.225 e. The third-order valence-electron chi connectivity index (χ3n) is 7.46. The minimum atomic E-state index is -2.60. The van der Waals surface area contributed by atoms with Gasteiger partial charge in [-0.1, -0.05) is 26.8 Å². The van der Waals surface area contributed by atoms with Crippen LogP contribution in [0.5, 0.6) is 5.75 Å². The van der Waals surface area contributed by atoms with Crippen molar-refractivity contribution in [2.75, 3.05) is 27.2 Å². The number of allylic oxidation sites excluding steroid dienone is 1. The monoisotopic (exact) mass is 517 g/mol. The van der Waals surface area contributed by atoms with E-state index in [1.807, 2.05) is 0 Å². The van der Waals surface area contributed by atoms with Crippen LogP contribution < -0.4 is 11.1 Å². The van der Waals surface area contributed by atoms with E-state index in [2.05, 4.69) is 26.1 Å². The van der Waals surface area contributed by atoms with Crippen molar-refractivity contribution < 1.29 is 34.8 Å². The van der Waals surface area contributed by atoms with Gasteiger partial charge in [0.15, 0.2) is 17.2 Å². The Morgan fingerprint density at radius 3 is 2.43 bits per heavy atom. The van der Waals surface area contributed by atoms with Gasteiger partial charge in [-0.3, -0.25) is 14.4 Å². The van der Waals surface area contributed by atoms with E-state index in [9.17, 15) is 34.8 Å². The fraction of sp³-hybridized carbons (Fsp3) is 0.593. The van der Waals surface area contributed by atoms with Crippen LogP contribution in [0.3, 0.4) is 0 Å². The summed E-state index contributed by atoms with van der Waals surface area (Å²) in [5, 5.41) is 47.1. The molecule has 37 heavy (non-hydrogen) atoms. The molecule has 204 valence electrons. The summed E-state index contributed by atoms with van der Waals surface area (Å²) in [5.41, 5.74) is 3.99. The van der Waals surface area contributed by atoms with E-state index in [0.717, 1.165) is 12.1 Å². The van der Waals surface area contributed by atoms with E-state index < -0.39 is 59.7 Å². The normalized spacial score (nSPS) is 24.6. The van der Waals surface area contributed by atoms with Crippen molar-refractivity contribution >= 4 is 17.5 Å². The van der Waals surface area contributed by atoms with Crippen LogP contribution in [0.25, 0.3) is 0 Å². The molecule has 0 aromatic heterocycles. The second kappa shape index (κ2) is 10.5. The number of aliphatic hydroxyl groups is 3. The molecular formula is C27H39N3O7. The minimum absolute atomic E-state index is 0.0299. The van der Waals surface area contributed by atoms with Gasteiger partial charge in [-0.05, 0) is 55.5 Å². The summed E-state index contributed by atoms with van der Waals surface area (Å²) >= 11 is 0. The molecule has 1 amide bonds. The third-order valence-corrected chi connectivity index (χ3v) is 7.46. The van der Waals surface area contributed by atoms with Crippen molar-refractivity contribution in [1.29, 1.82) is 0 Å². The maximum atomic E-state index is 13.7. The van der Waals surface area contributed by atoms with Crippen LogP contribution in [0.15, 0.2) is 23.5 Å². The van der Waals surface area contributed by atoms with Gasteiger partial charge in [0.1, 0.15) is 11.5 Å². The van der Waals surface area contributed by atoms with Crippen molar-refractivity contribution in [3.8, 4) is 5.75 Å². The number of phenolic OH excluding ortho intramolecular Hbond substituents is 1. The number of carbonyl (C=O) groups excluding carboxylic acids is 3. The van der Waals surface area contributed by atoms with Crippen molar-refractivity contribution in [3.63, 3.8) is 0 Å². The Balaban J connectivity index is 2.15. The first kappa shape index (κ1) is 28.8. The second-order valence-corrected chi connectivity index (χ2v) is 11.6. The molecule has 0 bridgehead atoms. The summed E-state index contributed by atoms with van der Waals surface area (Å²) in [7, 11) is 3.32. The molecule has 0 saturated carbocycles. The zero-order chi connectivity index (χ0) is 27.9. The zero-order valence-electron chi connectivity index (χ0n) is 22.2. The number of hydrogen-bond donors (Lipinski definition) is 6. The lowest BCUT2D eigenvalue weighted by molar-refractivity contribution is -0.151. The molecule has 2 aliphatic carbocycles. The van der Waals surface area contributed by atoms with E-state index in [1.54, 1.807) is 25.1 Å². The molecular weight excluding hydrogens is 478 g/mol. The number of ketones is 2. The first-order valence-electron chi connectivity index (χ1n) is 12.5. The zero-order valence-corrected chi connectivity index (χ0v) is 22.2. The number of amides is 1. The quantitative estimate of drug-likeness (QED) is 0.259. The van der Waals surface area contributed by atoms with E-state index in [-0.39, 0.29) is 35.1 Å². The molecule has 4 atom stereocenters. The predicted octanol–water partition coefficient (Wildman–Crippen LogP) is 0.813. The van der Waals surface area contributed by atoms with Gasteiger partial charge in [0, 0.05) is 30.6 Å². The molecule has 10 nitrogen and oxygen atoms in total. The number of fused-ring (bicyclic) bond motifs is 2. The van der Waals surface area contributed by atoms with Crippen molar-refractivity contribution in [1.82, 2.24) is 10.2 Å². The van der Waals surface area contributed by atoms with Gasteiger partial charge in [-0.25, -0.2) is 0 Å². The van der Waals surface area contributed by atoms with E-state index in [0.29, 0.717) is 12.1 Å². The number of phenols is 1. The number of rotatable bonds is 9. The lowest BCUT2D eigenvalue weighted by Gasteiger charge is -2.47. The fourth-order valence-corrected chi connectivity index (χ4v) is 5.65. The lowest BCUT2D eigenvalue weighted by Crippen LogP contribution is -2.60. The number of primary amides is 1. The van der Waals surface area contributed by atoms with Crippen molar-refractivity contribution in [2.24, 2.45) is 23.0 Å². The molecule has 0 fully saturated rings. The summed E-state index contributed by atoms with van der Waals surface area (Å²) in [6, 6.07) is 2.42. The number of carbonyl (C=O) groups is 3. The summed E-state index contributed by atoms with van der Waals surface area (Å²) in [5.74, 6) is -5.41. The van der Waals surface area contributed by atoms with Gasteiger partial charge in [0.25, 0.3) is 0 Å². The molecule has 1 unspecified atom stereocenters. The molecule has 1 aromatic carbocycles. The van der Waals surface area contributed by atoms with Crippen LogP contribution in [0.2, 0.25) is 0 Å². The van der Waals surface area contributed by atoms with Gasteiger partial charge < -0.3 is 36.4 Å². The Hall–Kier alpha value is -2.79. The van der Waals surface area contributed by atoms with Crippen LogP contribution in [-0.4, -0.2) is 81.7 Å². The number of benzene rings is 1. The topological polar surface area (TPSA) is 173 Å². The number of likely N-dealkylation sites (N-methyl/N-ethyl adjacent to an activating group) is 1. The maximum Gasteiger partial charge on any atom is 0.225 e. The highest BCUT2D eigenvalue weighted by molar-refractivity contribution is 6.15. The highest BCUT2D eigenvalue weighted by atomic mass is 16.3. The molecule has 0 radical (unpaired) electrons. The van der Waals surface area contributed by atoms with Gasteiger partial charge in [-0.2, -0.15) is 0 Å². The van der Waals surface area contributed by atoms with Gasteiger partial charge in [-0.15, -0.1) is 0 Å². The van der Waals surface area contributed by atoms with Crippen LogP contribution in [0, 0.1) is 17.3 Å². The first-order valence-corrected chi connectivity index (χ1v) is 12.5. The Labute approximate surface area is 217 Å². The molecule has 2 aliphatic rings. The third kappa shape index (κ3) is 5.43. The number of aliphatic hydroxyl groups excluding tert-OH is 2. The number of Topliss-reactive ketones (excluding diaryl/α,β-unsaturated/α-hetero) is 2. The summed E-state index contributed by atoms with van der Waals surface area (Å²) in [4.78, 5) is 40.0. The van der Waals surface area contributed by atoms with Crippen molar-refractivity contribution in [3.05, 3.63) is 40.2 Å². The average molecular weight is 518 g/mol. The van der Waals surface area contributed by atoms with Crippen LogP contribution in [-0.2, 0) is 22.6 Å². The molecule has 3 rings (SSSR count). The molecule has 0 heterocycles. The summed E-state index contributed by atoms with van der Waals surface area (Å²) < 4.78 is 0. The standard InChI is InChI=1S/C27H39N3O7/c1-26(2,3)13-29-11-14-6-7-19(32)23-16(14)8-15-9-17(18(12-31)30(4)5)27(37,20(33)10-21(28)34)25(36)22(15)24(23)35/h6-7,15,17-18,29,31-32,36-37H,8-13H2,1-5H3,(H2,28,34)/t15-,17-,18?,27+/m0/s1. The molecule has 1 aromatic rings. The lowest BCUT2D eigenvalue weighted by atomic mass is 9.61. The Kier molecular flexibility index (Phi) is 8.19. The fourth-order valence-electron chi connectivity index (χ4n) is 5.65. The van der Waals surface area contributed by atoms with Gasteiger partial charge in [0.2, 0.25) is 5.91 Å². The average Bonchev–Trinajstić information content (AvgIpc) is 2.77. The number of hydrogen-bond acceptors (Lipinski definition) is 9.